The molecule has 2 aliphatic carbocycles. The third-order valence-electron chi connectivity index (χ3n) is 6.80. The van der Waals surface area contributed by atoms with Crippen molar-refractivity contribution in [1.29, 1.82) is 0 Å². The summed E-state index contributed by atoms with van der Waals surface area (Å²) in [6.07, 6.45) is 13.9. The first-order valence-electron chi connectivity index (χ1n) is 12.5. The Hall–Kier alpha value is -3.43. The maximum atomic E-state index is 12.9. The van der Waals surface area contributed by atoms with Crippen LogP contribution in [0.1, 0.15) is 53.6 Å². The maximum Gasteiger partial charge on any atom is 0.256 e. The normalized spacial score (nSPS) is 21.3. The zero-order valence-corrected chi connectivity index (χ0v) is 19.6. The van der Waals surface area contributed by atoms with E-state index in [-0.39, 0.29) is 18.2 Å². The van der Waals surface area contributed by atoms with E-state index >= 15 is 0 Å². The highest BCUT2D eigenvalue weighted by Crippen LogP contribution is 2.26. The van der Waals surface area contributed by atoms with E-state index in [1.165, 1.54) is 17.5 Å². The van der Waals surface area contributed by atoms with E-state index in [0.717, 1.165) is 56.6 Å². The van der Waals surface area contributed by atoms with E-state index in [9.17, 15) is 4.79 Å². The number of aromatic nitrogens is 2. The molecule has 182 valence electrons. The molecule has 4 aliphatic rings. The Morgan fingerprint density at radius 3 is 2.86 bits per heavy atom. The predicted molar refractivity (Wildman–Crippen MR) is 134 cm³/mol. The lowest BCUT2D eigenvalue weighted by Crippen LogP contribution is -2.35. The van der Waals surface area contributed by atoms with Gasteiger partial charge in [-0.2, -0.15) is 4.98 Å². The molecular formula is C26H31N7O2. The van der Waals surface area contributed by atoms with Gasteiger partial charge < -0.3 is 31.3 Å². The highest BCUT2D eigenvalue weighted by atomic mass is 16.5. The molecule has 1 atom stereocenters. The van der Waals surface area contributed by atoms with Crippen molar-refractivity contribution >= 4 is 23.4 Å². The number of rotatable bonds is 8. The Bertz CT molecular complexity index is 1170. The predicted octanol–water partition coefficient (Wildman–Crippen LogP) is 3.07. The Morgan fingerprint density at radius 2 is 2.03 bits per heavy atom. The van der Waals surface area contributed by atoms with Gasteiger partial charge in [-0.15, -0.1) is 0 Å². The van der Waals surface area contributed by atoms with Crippen LogP contribution in [-0.4, -0.2) is 40.8 Å². The standard InChI is InChI=1S/C26H31N7O2/c34-25(31-18-6-7-18)22-15-29-26(32-19-5-4-16-8-10-27-14-17(16)12-19)33-24(22)30-20-9-11-28-23(13-20)35-21-2-1-3-21/h4-5,9,11-13,15,18,21,23,27-28H,1-3,6-8,10,14H2,(H,31,34)(H2,29,30,32,33). The highest BCUT2D eigenvalue weighted by molar-refractivity contribution is 5.99. The number of fused-ring (bicyclic) bond motifs is 1. The fourth-order valence-corrected chi connectivity index (χ4v) is 4.39. The minimum Gasteiger partial charge on any atom is -0.363 e. The molecule has 9 nitrogen and oxygen atoms in total. The van der Waals surface area contributed by atoms with E-state index in [1.807, 2.05) is 18.4 Å². The molecule has 2 aliphatic heterocycles. The number of anilines is 3. The van der Waals surface area contributed by atoms with Crippen LogP contribution in [0.3, 0.4) is 0 Å². The Balaban J connectivity index is 1.23. The molecule has 0 saturated heterocycles. The van der Waals surface area contributed by atoms with Gasteiger partial charge in [0.05, 0.1) is 6.10 Å². The number of hydrogen-bond donors (Lipinski definition) is 5. The zero-order chi connectivity index (χ0) is 23.6. The van der Waals surface area contributed by atoms with Gasteiger partial charge in [0.15, 0.2) is 0 Å². The summed E-state index contributed by atoms with van der Waals surface area (Å²) in [6.45, 7) is 1.87. The Morgan fingerprint density at radius 1 is 1.11 bits per heavy atom. The van der Waals surface area contributed by atoms with Gasteiger partial charge in [0.2, 0.25) is 5.95 Å². The van der Waals surface area contributed by atoms with Crippen molar-refractivity contribution < 1.29 is 9.53 Å². The average molecular weight is 474 g/mol. The third-order valence-corrected chi connectivity index (χ3v) is 6.80. The number of ether oxygens (including phenoxy) is 1. The monoisotopic (exact) mass is 473 g/mol. The molecule has 1 amide bonds. The molecule has 3 heterocycles. The smallest absolute Gasteiger partial charge is 0.256 e. The molecule has 2 aromatic rings. The summed E-state index contributed by atoms with van der Waals surface area (Å²) in [5.74, 6) is 0.725. The van der Waals surface area contributed by atoms with Crippen LogP contribution in [0.5, 0.6) is 0 Å². The molecule has 35 heavy (non-hydrogen) atoms. The van der Waals surface area contributed by atoms with Crippen LogP contribution in [0.25, 0.3) is 0 Å². The second-order valence-electron chi connectivity index (χ2n) is 9.60. The quantitative estimate of drug-likeness (QED) is 0.398. The maximum absolute atomic E-state index is 12.9. The van der Waals surface area contributed by atoms with Crippen LogP contribution in [-0.2, 0) is 17.7 Å². The van der Waals surface area contributed by atoms with Crippen LogP contribution in [0.2, 0.25) is 0 Å². The highest BCUT2D eigenvalue weighted by Gasteiger charge is 2.26. The van der Waals surface area contributed by atoms with Gasteiger partial charge in [0.25, 0.3) is 5.91 Å². The molecule has 0 spiro atoms. The fourth-order valence-electron chi connectivity index (χ4n) is 4.39. The van der Waals surface area contributed by atoms with Crippen LogP contribution >= 0.6 is 0 Å². The molecule has 1 aromatic heterocycles. The summed E-state index contributed by atoms with van der Waals surface area (Å²) in [4.78, 5) is 22.0. The van der Waals surface area contributed by atoms with Gasteiger partial charge in [0.1, 0.15) is 17.6 Å². The summed E-state index contributed by atoms with van der Waals surface area (Å²) >= 11 is 0. The molecule has 6 rings (SSSR count). The van der Waals surface area contributed by atoms with E-state index in [1.54, 1.807) is 6.20 Å². The minimum atomic E-state index is -0.208. The van der Waals surface area contributed by atoms with E-state index in [4.69, 9.17) is 9.72 Å². The molecule has 0 radical (unpaired) electrons. The van der Waals surface area contributed by atoms with Gasteiger partial charge in [0, 0.05) is 36.4 Å². The number of nitrogens with one attached hydrogen (secondary N) is 5. The van der Waals surface area contributed by atoms with Gasteiger partial charge in [-0.05, 0) is 80.5 Å². The van der Waals surface area contributed by atoms with Crippen LogP contribution < -0.4 is 26.6 Å². The van der Waals surface area contributed by atoms with Crippen molar-refractivity contribution in [3.63, 3.8) is 0 Å². The zero-order valence-electron chi connectivity index (χ0n) is 19.6. The molecule has 2 saturated carbocycles. The Labute approximate surface area is 204 Å². The fraction of sp³-hybridized carbons (Fsp3) is 0.423. The SMILES string of the molecule is O=C(NC1CC1)c1cnc(Nc2ccc3c(c2)CNCC3)nc1NC1=CC(OC2CCC2)NC=C1. The van der Waals surface area contributed by atoms with Gasteiger partial charge in [-0.25, -0.2) is 4.98 Å². The lowest BCUT2D eigenvalue weighted by Gasteiger charge is -2.30. The summed E-state index contributed by atoms with van der Waals surface area (Å²) in [6, 6.07) is 6.58. The summed E-state index contributed by atoms with van der Waals surface area (Å²) in [7, 11) is 0. The molecule has 1 unspecified atom stereocenters. The summed E-state index contributed by atoms with van der Waals surface area (Å²) < 4.78 is 6.07. The van der Waals surface area contributed by atoms with Crippen LogP contribution in [0.4, 0.5) is 17.5 Å². The third kappa shape index (κ3) is 5.31. The summed E-state index contributed by atoms with van der Waals surface area (Å²) in [5.41, 5.74) is 4.80. The second kappa shape index (κ2) is 9.67. The van der Waals surface area contributed by atoms with E-state index in [2.05, 4.69) is 49.8 Å². The van der Waals surface area contributed by atoms with Crippen molar-refractivity contribution in [2.45, 2.75) is 63.4 Å². The lowest BCUT2D eigenvalue weighted by atomic mass is 9.96. The van der Waals surface area contributed by atoms with Crippen molar-refractivity contribution in [2.24, 2.45) is 0 Å². The average Bonchev–Trinajstić information content (AvgIpc) is 3.66. The van der Waals surface area contributed by atoms with Crippen molar-refractivity contribution in [1.82, 2.24) is 25.9 Å². The number of hydrogen-bond acceptors (Lipinski definition) is 8. The molecule has 0 bridgehead atoms. The Kier molecular flexibility index (Phi) is 6.10. The molecular weight excluding hydrogens is 442 g/mol. The number of carbonyl (C=O) groups is 1. The number of nitrogens with zero attached hydrogens (tertiary/aromatic N) is 2. The number of allylic oxidation sites excluding steroid dienone is 1. The van der Waals surface area contributed by atoms with Crippen LogP contribution in [0, 0.1) is 0 Å². The van der Waals surface area contributed by atoms with Gasteiger partial charge >= 0.3 is 0 Å². The van der Waals surface area contributed by atoms with E-state index < -0.39 is 0 Å². The van der Waals surface area contributed by atoms with E-state index in [0.29, 0.717) is 23.4 Å². The topological polar surface area (TPSA) is 112 Å². The van der Waals surface area contributed by atoms with Crippen molar-refractivity contribution in [2.75, 3.05) is 17.2 Å². The number of carbonyl (C=O) groups excluding carboxylic acids is 1. The second-order valence-corrected chi connectivity index (χ2v) is 9.60. The van der Waals surface area contributed by atoms with Crippen LogP contribution in [0.15, 0.2) is 48.4 Å². The number of amides is 1. The van der Waals surface area contributed by atoms with Gasteiger partial charge in [-0.3, -0.25) is 4.79 Å². The van der Waals surface area contributed by atoms with Gasteiger partial charge in [-0.1, -0.05) is 6.07 Å². The molecule has 9 heteroatoms. The number of benzene rings is 1. The minimum absolute atomic E-state index is 0.165. The first-order valence-corrected chi connectivity index (χ1v) is 12.5. The lowest BCUT2D eigenvalue weighted by molar-refractivity contribution is -0.0391. The van der Waals surface area contributed by atoms with Crippen molar-refractivity contribution in [3.05, 3.63) is 65.1 Å². The largest absolute Gasteiger partial charge is 0.363 e. The first-order chi connectivity index (χ1) is 17.2. The number of dihydropyridines is 1. The first kappa shape index (κ1) is 22.1. The molecule has 1 aromatic carbocycles. The molecule has 5 N–H and O–H groups in total. The molecule has 2 fully saturated rings. The summed E-state index contributed by atoms with van der Waals surface area (Å²) in [5, 5.41) is 16.3. The van der Waals surface area contributed by atoms with Crippen molar-refractivity contribution in [3.8, 4) is 0 Å².